The standard InChI is InChI=1S/C9H16BrN3/c1-4-8(5-2)13-6-9(7(3)10)11-12-13/h6-8H,4-5H2,1-3H3. The van der Waals surface area contributed by atoms with Crippen LogP contribution >= 0.6 is 15.9 Å². The summed E-state index contributed by atoms with van der Waals surface area (Å²) in [5.41, 5.74) is 1.01. The molecule has 1 heterocycles. The van der Waals surface area contributed by atoms with Crippen LogP contribution in [0.5, 0.6) is 0 Å². The SMILES string of the molecule is CCC(CC)n1cc(C(C)Br)nn1. The van der Waals surface area contributed by atoms with Gasteiger partial charge in [0.1, 0.15) is 0 Å². The van der Waals surface area contributed by atoms with Crippen molar-refractivity contribution in [3.05, 3.63) is 11.9 Å². The van der Waals surface area contributed by atoms with E-state index in [0.29, 0.717) is 6.04 Å². The third-order valence-electron chi connectivity index (χ3n) is 2.25. The fourth-order valence-electron chi connectivity index (χ4n) is 1.31. The van der Waals surface area contributed by atoms with Crippen molar-refractivity contribution in [3.8, 4) is 0 Å². The highest BCUT2D eigenvalue weighted by molar-refractivity contribution is 9.09. The number of hydrogen-bond donors (Lipinski definition) is 0. The van der Waals surface area contributed by atoms with Crippen molar-refractivity contribution >= 4 is 15.9 Å². The van der Waals surface area contributed by atoms with Crippen molar-refractivity contribution in [2.75, 3.05) is 0 Å². The van der Waals surface area contributed by atoms with E-state index in [4.69, 9.17) is 0 Å². The van der Waals surface area contributed by atoms with Crippen molar-refractivity contribution in [1.82, 2.24) is 15.0 Å². The first-order valence-electron chi connectivity index (χ1n) is 4.74. The third kappa shape index (κ3) is 2.53. The van der Waals surface area contributed by atoms with Crippen LogP contribution in [0.1, 0.15) is 50.2 Å². The fourth-order valence-corrected chi connectivity index (χ4v) is 1.52. The molecular weight excluding hydrogens is 230 g/mol. The predicted octanol–water partition coefficient (Wildman–Crippen LogP) is 3.10. The smallest absolute Gasteiger partial charge is 0.0960 e. The summed E-state index contributed by atoms with van der Waals surface area (Å²) in [5, 5.41) is 8.21. The molecule has 0 aliphatic carbocycles. The van der Waals surface area contributed by atoms with Crippen molar-refractivity contribution in [3.63, 3.8) is 0 Å². The van der Waals surface area contributed by atoms with E-state index in [0.717, 1.165) is 18.5 Å². The van der Waals surface area contributed by atoms with Gasteiger partial charge in [-0.2, -0.15) is 0 Å². The maximum atomic E-state index is 4.12. The zero-order valence-corrected chi connectivity index (χ0v) is 9.95. The van der Waals surface area contributed by atoms with E-state index in [1.807, 2.05) is 10.9 Å². The van der Waals surface area contributed by atoms with Gasteiger partial charge in [-0.15, -0.1) is 5.10 Å². The maximum absolute atomic E-state index is 4.12. The lowest BCUT2D eigenvalue weighted by Crippen LogP contribution is -2.07. The van der Waals surface area contributed by atoms with Gasteiger partial charge in [-0.05, 0) is 19.8 Å². The first kappa shape index (κ1) is 10.7. The zero-order valence-electron chi connectivity index (χ0n) is 8.37. The minimum Gasteiger partial charge on any atom is -0.249 e. The molecule has 0 aliphatic rings. The second kappa shape index (κ2) is 4.74. The summed E-state index contributed by atoms with van der Waals surface area (Å²) >= 11 is 3.47. The van der Waals surface area contributed by atoms with Gasteiger partial charge in [0.15, 0.2) is 0 Å². The Kier molecular flexibility index (Phi) is 3.90. The fraction of sp³-hybridized carbons (Fsp3) is 0.778. The Morgan fingerprint density at radius 2 is 2.08 bits per heavy atom. The van der Waals surface area contributed by atoms with Crippen LogP contribution in [-0.4, -0.2) is 15.0 Å². The quantitative estimate of drug-likeness (QED) is 0.764. The second-order valence-corrected chi connectivity index (χ2v) is 4.58. The van der Waals surface area contributed by atoms with Gasteiger partial charge in [0.2, 0.25) is 0 Å². The van der Waals surface area contributed by atoms with Gasteiger partial charge in [0.25, 0.3) is 0 Å². The van der Waals surface area contributed by atoms with Crippen LogP contribution in [-0.2, 0) is 0 Å². The van der Waals surface area contributed by atoms with Crippen LogP contribution in [0.3, 0.4) is 0 Å². The number of hydrogen-bond acceptors (Lipinski definition) is 2. The highest BCUT2D eigenvalue weighted by Gasteiger charge is 2.11. The molecule has 0 N–H and O–H groups in total. The molecule has 3 nitrogen and oxygen atoms in total. The van der Waals surface area contributed by atoms with Gasteiger partial charge in [-0.3, -0.25) is 0 Å². The number of alkyl halides is 1. The molecule has 74 valence electrons. The van der Waals surface area contributed by atoms with E-state index in [1.54, 1.807) is 0 Å². The molecule has 13 heavy (non-hydrogen) atoms. The number of aromatic nitrogens is 3. The Morgan fingerprint density at radius 1 is 1.46 bits per heavy atom. The van der Waals surface area contributed by atoms with Gasteiger partial charge in [0, 0.05) is 6.20 Å². The van der Waals surface area contributed by atoms with Crippen molar-refractivity contribution in [1.29, 1.82) is 0 Å². The van der Waals surface area contributed by atoms with E-state index in [9.17, 15) is 0 Å². The van der Waals surface area contributed by atoms with Crippen LogP contribution in [0.25, 0.3) is 0 Å². The van der Waals surface area contributed by atoms with Gasteiger partial charge < -0.3 is 0 Å². The molecular formula is C9H16BrN3. The zero-order chi connectivity index (χ0) is 9.84. The molecule has 0 bridgehead atoms. The average Bonchev–Trinajstić information content (AvgIpc) is 2.56. The molecule has 1 aromatic rings. The van der Waals surface area contributed by atoms with Crippen LogP contribution in [0, 0.1) is 0 Å². The first-order valence-corrected chi connectivity index (χ1v) is 5.66. The topological polar surface area (TPSA) is 30.7 Å². The van der Waals surface area contributed by atoms with Gasteiger partial charge >= 0.3 is 0 Å². The van der Waals surface area contributed by atoms with Crippen molar-refractivity contribution < 1.29 is 0 Å². The summed E-state index contributed by atoms with van der Waals surface area (Å²) in [5.74, 6) is 0. The maximum Gasteiger partial charge on any atom is 0.0960 e. The molecule has 0 spiro atoms. The normalized spacial score (nSPS) is 13.6. The summed E-state index contributed by atoms with van der Waals surface area (Å²) in [4.78, 5) is 0.288. The molecule has 0 fully saturated rings. The Hall–Kier alpha value is -0.380. The summed E-state index contributed by atoms with van der Waals surface area (Å²) in [6.45, 7) is 6.40. The summed E-state index contributed by atoms with van der Waals surface area (Å²) in [6, 6.07) is 0.493. The van der Waals surface area contributed by atoms with E-state index in [2.05, 4.69) is 47.0 Å². The average molecular weight is 246 g/mol. The van der Waals surface area contributed by atoms with E-state index < -0.39 is 0 Å². The highest BCUT2D eigenvalue weighted by atomic mass is 79.9. The molecule has 1 atom stereocenters. The second-order valence-electron chi connectivity index (χ2n) is 3.21. The van der Waals surface area contributed by atoms with Crippen LogP contribution in [0.15, 0.2) is 6.20 Å². The molecule has 0 saturated heterocycles. The summed E-state index contributed by atoms with van der Waals surface area (Å²) in [6.07, 6.45) is 4.24. The Bertz CT molecular complexity index is 253. The summed E-state index contributed by atoms with van der Waals surface area (Å²) < 4.78 is 1.97. The van der Waals surface area contributed by atoms with Crippen molar-refractivity contribution in [2.45, 2.75) is 44.5 Å². The molecule has 1 rings (SSSR count). The monoisotopic (exact) mass is 245 g/mol. The van der Waals surface area contributed by atoms with E-state index in [-0.39, 0.29) is 4.83 Å². The van der Waals surface area contributed by atoms with Gasteiger partial charge in [0.05, 0.1) is 16.6 Å². The Labute approximate surface area is 87.6 Å². The highest BCUT2D eigenvalue weighted by Crippen LogP contribution is 2.21. The minimum absolute atomic E-state index is 0.288. The Morgan fingerprint density at radius 3 is 2.46 bits per heavy atom. The molecule has 0 aliphatic heterocycles. The minimum atomic E-state index is 0.288. The predicted molar refractivity (Wildman–Crippen MR) is 57.0 cm³/mol. The molecule has 0 radical (unpaired) electrons. The molecule has 0 saturated carbocycles. The van der Waals surface area contributed by atoms with Gasteiger partial charge in [-0.25, -0.2) is 4.68 Å². The molecule has 0 aromatic carbocycles. The molecule has 4 heteroatoms. The van der Waals surface area contributed by atoms with E-state index >= 15 is 0 Å². The van der Waals surface area contributed by atoms with E-state index in [1.165, 1.54) is 0 Å². The Balaban J connectivity index is 2.78. The largest absolute Gasteiger partial charge is 0.249 e. The first-order chi connectivity index (χ1) is 6.19. The summed E-state index contributed by atoms with van der Waals surface area (Å²) in [7, 11) is 0. The molecule has 1 unspecified atom stereocenters. The lowest BCUT2D eigenvalue weighted by atomic mass is 10.2. The van der Waals surface area contributed by atoms with Crippen LogP contribution in [0.2, 0.25) is 0 Å². The number of halogens is 1. The van der Waals surface area contributed by atoms with Crippen LogP contribution in [0.4, 0.5) is 0 Å². The third-order valence-corrected chi connectivity index (χ3v) is 2.72. The van der Waals surface area contributed by atoms with Crippen LogP contribution < -0.4 is 0 Å². The molecule has 0 amide bonds. The number of nitrogens with zero attached hydrogens (tertiary/aromatic N) is 3. The molecule has 1 aromatic heterocycles. The van der Waals surface area contributed by atoms with Crippen molar-refractivity contribution in [2.24, 2.45) is 0 Å². The van der Waals surface area contributed by atoms with Gasteiger partial charge in [-0.1, -0.05) is 35.0 Å². The lowest BCUT2D eigenvalue weighted by Gasteiger charge is -2.10. The lowest BCUT2D eigenvalue weighted by molar-refractivity contribution is 0.418. The number of rotatable bonds is 4.